The molecule has 16 aromatic carbocycles. The van der Waals surface area contributed by atoms with Crippen molar-refractivity contribution < 1.29 is 0 Å². The van der Waals surface area contributed by atoms with Crippen LogP contribution < -0.4 is 0 Å². The zero-order chi connectivity index (χ0) is 84.3. The molecule has 0 unspecified atom stereocenters. The molecule has 0 fully saturated rings. The Bertz CT molecular complexity index is 8800. The van der Waals surface area contributed by atoms with Gasteiger partial charge in [0, 0.05) is 103 Å². The normalized spacial score (nSPS) is 11.8. The van der Waals surface area contributed by atoms with Crippen LogP contribution in [0.4, 0.5) is 0 Å². The van der Waals surface area contributed by atoms with Crippen molar-refractivity contribution >= 4 is 119 Å². The first kappa shape index (κ1) is 73.4. The van der Waals surface area contributed by atoms with E-state index < -0.39 is 0 Å². The zero-order valence-corrected chi connectivity index (χ0v) is 69.0. The highest BCUT2D eigenvalue weighted by atomic mass is 14.8. The van der Waals surface area contributed by atoms with E-state index in [0.29, 0.717) is 0 Å². The molecule has 0 amide bonds. The summed E-state index contributed by atoms with van der Waals surface area (Å²) >= 11 is 0. The molecule has 9 aromatic heterocycles. The Hall–Kier alpha value is -17.3. The molecule has 9 nitrogen and oxygen atoms in total. The number of benzene rings is 16. The fourth-order valence-electron chi connectivity index (χ4n) is 19.4. The molecule has 27 rings (SSSR count). The molecule has 0 bridgehead atoms. The highest BCUT2D eigenvalue weighted by Crippen LogP contribution is 2.52. The van der Waals surface area contributed by atoms with E-state index in [2.05, 4.69) is 361 Å². The topological polar surface area (TPSA) is 116 Å². The summed E-state index contributed by atoms with van der Waals surface area (Å²) in [5.41, 5.74) is 35.0. The van der Waals surface area contributed by atoms with Crippen molar-refractivity contribution in [3.8, 4) is 145 Å². The molecular formula is C119H71N9. The summed E-state index contributed by atoms with van der Waals surface area (Å²) in [4.78, 5) is 43.2. The van der Waals surface area contributed by atoms with Crippen LogP contribution in [0.25, 0.3) is 265 Å². The number of hydrogen-bond donors (Lipinski definition) is 0. The highest BCUT2D eigenvalue weighted by molar-refractivity contribution is 6.26. The van der Waals surface area contributed by atoms with Gasteiger partial charge in [0.15, 0.2) is 0 Å². The van der Waals surface area contributed by atoms with Gasteiger partial charge in [0.05, 0.1) is 67.3 Å². The van der Waals surface area contributed by atoms with Gasteiger partial charge < -0.3 is 0 Å². The lowest BCUT2D eigenvalue weighted by Crippen LogP contribution is -1.91. The fourth-order valence-corrected chi connectivity index (χ4v) is 19.4. The van der Waals surface area contributed by atoms with Gasteiger partial charge in [-0.25, -0.2) is 29.9 Å². The van der Waals surface area contributed by atoms with Crippen molar-refractivity contribution in [2.75, 3.05) is 0 Å². The molecule has 9 heterocycles. The minimum atomic E-state index is 0.894. The molecule has 2 aliphatic carbocycles. The van der Waals surface area contributed by atoms with Gasteiger partial charge in [0.25, 0.3) is 0 Å². The Morgan fingerprint density at radius 1 is 0.133 bits per heavy atom. The van der Waals surface area contributed by atoms with E-state index in [9.17, 15) is 0 Å². The van der Waals surface area contributed by atoms with Crippen LogP contribution in [0, 0.1) is 0 Å². The van der Waals surface area contributed by atoms with E-state index in [4.69, 9.17) is 29.9 Å². The lowest BCUT2D eigenvalue weighted by atomic mass is 9.92. The molecular weight excluding hydrogens is 1560 g/mol. The number of pyridine rings is 9. The SMILES string of the molecule is c1cc(-c2ccc3c(c2)-c2cccc4cccc-3c24)cc(-c2ccc3ccc4ccc(-c5ccncc5)nc4c3n2)c1.c1cncc(-c2ccc3ccc4ccc(-c5ccc(-c6ccc7c8c(cccc68)-c6ccccc6-7)cc5)nc4c3n2)c1.c1cncc(-c2ccc3ccc4ccc(-c5ccc(-c6ccc7c8ccccc8c8ccccc8c7c6)cc5)nc4c3n2)c1. The summed E-state index contributed by atoms with van der Waals surface area (Å²) in [5, 5.41) is 19.5. The summed E-state index contributed by atoms with van der Waals surface area (Å²) in [6.07, 6.45) is 10.9. The van der Waals surface area contributed by atoms with Gasteiger partial charge in [0.1, 0.15) is 0 Å². The van der Waals surface area contributed by atoms with Gasteiger partial charge in [-0.05, 0) is 223 Å². The molecule has 0 atom stereocenters. The van der Waals surface area contributed by atoms with E-state index in [1.165, 1.54) is 132 Å². The van der Waals surface area contributed by atoms with Crippen LogP contribution in [-0.2, 0) is 0 Å². The van der Waals surface area contributed by atoms with E-state index in [-0.39, 0.29) is 0 Å². The predicted octanol–water partition coefficient (Wildman–Crippen LogP) is 30.6. The molecule has 0 saturated heterocycles. The molecule has 592 valence electrons. The summed E-state index contributed by atoms with van der Waals surface area (Å²) in [5.74, 6) is 0. The number of fused-ring (bicyclic) bond motifs is 21. The van der Waals surface area contributed by atoms with Crippen molar-refractivity contribution in [3.05, 3.63) is 431 Å². The number of hydrogen-bond acceptors (Lipinski definition) is 9. The molecule has 9 heteroatoms. The zero-order valence-electron chi connectivity index (χ0n) is 69.0. The Morgan fingerprint density at radius 2 is 0.453 bits per heavy atom. The lowest BCUT2D eigenvalue weighted by Gasteiger charge is -2.12. The van der Waals surface area contributed by atoms with Crippen LogP contribution in [0.3, 0.4) is 0 Å². The van der Waals surface area contributed by atoms with Crippen molar-refractivity contribution in [1.82, 2.24) is 44.9 Å². The Morgan fingerprint density at radius 3 is 0.953 bits per heavy atom. The first-order valence-electron chi connectivity index (χ1n) is 43.2. The van der Waals surface area contributed by atoms with Crippen LogP contribution in [0.15, 0.2) is 431 Å². The first-order chi connectivity index (χ1) is 63.4. The second-order valence-electron chi connectivity index (χ2n) is 33.0. The largest absolute Gasteiger partial charge is 0.265 e. The van der Waals surface area contributed by atoms with Gasteiger partial charge in [0.2, 0.25) is 0 Å². The molecule has 25 aromatic rings. The van der Waals surface area contributed by atoms with Crippen LogP contribution in [-0.4, -0.2) is 44.9 Å². The van der Waals surface area contributed by atoms with Crippen molar-refractivity contribution in [3.63, 3.8) is 0 Å². The van der Waals surface area contributed by atoms with E-state index in [1.807, 2.05) is 60.9 Å². The summed E-state index contributed by atoms with van der Waals surface area (Å²) in [6, 6.07) is 140. The molecule has 128 heavy (non-hydrogen) atoms. The second-order valence-corrected chi connectivity index (χ2v) is 33.0. The van der Waals surface area contributed by atoms with E-state index in [0.717, 1.165) is 133 Å². The highest BCUT2D eigenvalue weighted by Gasteiger charge is 2.25. The van der Waals surface area contributed by atoms with E-state index >= 15 is 0 Å². The van der Waals surface area contributed by atoms with Gasteiger partial charge >= 0.3 is 0 Å². The van der Waals surface area contributed by atoms with E-state index in [1.54, 1.807) is 24.8 Å². The summed E-state index contributed by atoms with van der Waals surface area (Å²) < 4.78 is 0. The van der Waals surface area contributed by atoms with Gasteiger partial charge in [-0.1, -0.05) is 303 Å². The molecule has 0 aliphatic heterocycles. The third kappa shape index (κ3) is 12.7. The van der Waals surface area contributed by atoms with Crippen LogP contribution in [0.5, 0.6) is 0 Å². The smallest absolute Gasteiger partial charge is 0.0972 e. The maximum absolute atomic E-state index is 5.18. The molecule has 2 aliphatic rings. The number of aromatic nitrogens is 9. The lowest BCUT2D eigenvalue weighted by molar-refractivity contribution is 1.30. The number of nitrogens with zero attached hydrogens (tertiary/aromatic N) is 9. The Balaban J connectivity index is 0.000000104. The molecule has 0 spiro atoms. The second kappa shape index (κ2) is 30.4. The maximum atomic E-state index is 5.18. The third-order valence-electron chi connectivity index (χ3n) is 25.7. The maximum Gasteiger partial charge on any atom is 0.0972 e. The summed E-state index contributed by atoms with van der Waals surface area (Å²) in [6.45, 7) is 0. The Labute approximate surface area is 736 Å². The summed E-state index contributed by atoms with van der Waals surface area (Å²) in [7, 11) is 0. The average Bonchev–Trinajstić information content (AvgIpc) is 1.59. The van der Waals surface area contributed by atoms with Crippen LogP contribution >= 0.6 is 0 Å². The first-order valence-corrected chi connectivity index (χ1v) is 43.2. The van der Waals surface area contributed by atoms with Gasteiger partial charge in [-0.3, -0.25) is 15.0 Å². The Kier molecular flexibility index (Phi) is 17.4. The fraction of sp³-hybridized carbons (Fsp3) is 0. The van der Waals surface area contributed by atoms with Crippen molar-refractivity contribution in [2.24, 2.45) is 0 Å². The molecule has 0 N–H and O–H groups in total. The molecule has 0 radical (unpaired) electrons. The average molecular weight is 1630 g/mol. The van der Waals surface area contributed by atoms with Crippen molar-refractivity contribution in [2.45, 2.75) is 0 Å². The molecule has 0 saturated carbocycles. The van der Waals surface area contributed by atoms with Gasteiger partial charge in [-0.2, -0.15) is 0 Å². The van der Waals surface area contributed by atoms with Crippen LogP contribution in [0.1, 0.15) is 0 Å². The minimum Gasteiger partial charge on any atom is -0.265 e. The third-order valence-corrected chi connectivity index (χ3v) is 25.7. The quantitative estimate of drug-likeness (QED) is 0.130. The predicted molar refractivity (Wildman–Crippen MR) is 530 cm³/mol. The van der Waals surface area contributed by atoms with Gasteiger partial charge in [-0.15, -0.1) is 0 Å². The van der Waals surface area contributed by atoms with Crippen molar-refractivity contribution in [1.29, 1.82) is 0 Å². The van der Waals surface area contributed by atoms with Crippen LogP contribution in [0.2, 0.25) is 0 Å². The monoisotopic (exact) mass is 1630 g/mol. The minimum absolute atomic E-state index is 0.894. The number of rotatable bonds is 9. The standard InChI is InChI=1S/C41H25N3.2C39H23N3/c1-2-9-34-32(7-1)33-8-3-4-10-35(33)37-24-30(17-20-36(34)37)26-11-13-27(14-12-26)38-21-18-28-15-16-29-19-22-39(31-6-5-23-42-25-31)44-41(29)40(28)43-38;1-6-28(29-12-15-31-32-8-2-4-25-5-3-9-33(37(25)32)34(31)23-29)22-30(7-1)36-17-14-27-11-10-26-13-16-35(24-18-20-40-21-19-24)41-38(26)39(27)42-36;1-2-7-31-30(6-1)33-9-3-8-32-29(18-19-34(31)37(32)33)24-10-12-25(13-11-24)35-20-16-26-14-15-27-17-21-36(28-5-4-22-40-23-28)42-39(27)38(26)41-35/h1-25H;2*1-23H.